The van der Waals surface area contributed by atoms with E-state index < -0.39 is 15.8 Å². The van der Waals surface area contributed by atoms with Crippen LogP contribution in [0, 0.1) is 17.1 Å². The minimum atomic E-state index is -3.75. The van der Waals surface area contributed by atoms with Crippen molar-refractivity contribution >= 4 is 32.3 Å². The number of halogens is 1. The number of nitriles is 1. The highest BCUT2D eigenvalue weighted by Gasteiger charge is 2.29. The molecule has 3 rings (SSSR count). The fourth-order valence-corrected chi connectivity index (χ4v) is 4.98. The zero-order chi connectivity index (χ0) is 19.4. The van der Waals surface area contributed by atoms with Gasteiger partial charge in [-0.3, -0.25) is 9.69 Å². The fraction of sp³-hybridized carbons (Fsp3) is 0.294. The molecular formula is C17H17FN4O3S2. The second-order valence-electron chi connectivity index (χ2n) is 5.96. The monoisotopic (exact) mass is 408 g/mol. The Kier molecular flexibility index (Phi) is 5.86. The number of carbonyl (C=O) groups excluding carboxylic acids is 1. The van der Waals surface area contributed by atoms with Crippen LogP contribution in [-0.4, -0.2) is 56.3 Å². The molecule has 0 saturated carbocycles. The first-order valence-electron chi connectivity index (χ1n) is 8.15. The van der Waals surface area contributed by atoms with E-state index in [0.29, 0.717) is 23.7 Å². The fourth-order valence-electron chi connectivity index (χ4n) is 2.77. The first-order chi connectivity index (χ1) is 12.9. The first kappa shape index (κ1) is 19.4. The zero-order valence-corrected chi connectivity index (χ0v) is 15.9. The van der Waals surface area contributed by atoms with Crippen molar-refractivity contribution in [3.8, 4) is 6.07 Å². The number of nitrogens with one attached hydrogen (secondary N) is 1. The van der Waals surface area contributed by atoms with Gasteiger partial charge in [0.05, 0.1) is 17.0 Å². The molecule has 0 unspecified atom stereocenters. The van der Waals surface area contributed by atoms with E-state index in [2.05, 4.69) is 5.32 Å². The van der Waals surface area contributed by atoms with Crippen LogP contribution < -0.4 is 5.32 Å². The largest absolute Gasteiger partial charge is 0.315 e. The lowest BCUT2D eigenvalue weighted by Crippen LogP contribution is -2.50. The lowest BCUT2D eigenvalue weighted by Gasteiger charge is -2.33. The van der Waals surface area contributed by atoms with Gasteiger partial charge in [-0.1, -0.05) is 6.07 Å². The normalized spacial score (nSPS) is 16.0. The number of piperazine rings is 1. The van der Waals surface area contributed by atoms with Gasteiger partial charge in [-0.05, 0) is 29.6 Å². The Balaban J connectivity index is 1.56. The van der Waals surface area contributed by atoms with Gasteiger partial charge >= 0.3 is 0 Å². The Morgan fingerprint density at radius 2 is 2.00 bits per heavy atom. The Labute approximate surface area is 160 Å². The van der Waals surface area contributed by atoms with Crippen LogP contribution in [0.25, 0.3) is 0 Å². The van der Waals surface area contributed by atoms with Crippen molar-refractivity contribution in [2.75, 3.05) is 38.0 Å². The standard InChI is InChI=1S/C17H17FN4O3S2/c18-14-2-1-3-15(10-14)27(24,25)22-7-5-21(6-8-22)12-16(23)20-17-13(11-19)4-9-26-17/h1-4,9-10H,5-8,12H2,(H,20,23). The summed E-state index contributed by atoms with van der Waals surface area (Å²) >= 11 is 1.28. The Morgan fingerprint density at radius 3 is 2.67 bits per heavy atom. The molecule has 1 saturated heterocycles. The molecule has 0 atom stereocenters. The minimum Gasteiger partial charge on any atom is -0.315 e. The van der Waals surface area contributed by atoms with E-state index in [-0.39, 0.29) is 30.4 Å². The summed E-state index contributed by atoms with van der Waals surface area (Å²) in [6, 6.07) is 8.57. The molecule has 1 amide bonds. The summed E-state index contributed by atoms with van der Waals surface area (Å²) in [6.45, 7) is 1.31. The van der Waals surface area contributed by atoms with Crippen LogP contribution in [0.15, 0.2) is 40.6 Å². The lowest BCUT2D eigenvalue weighted by molar-refractivity contribution is -0.117. The highest BCUT2D eigenvalue weighted by Crippen LogP contribution is 2.22. The van der Waals surface area contributed by atoms with Gasteiger partial charge in [-0.15, -0.1) is 11.3 Å². The van der Waals surface area contributed by atoms with Gasteiger partial charge in [0.1, 0.15) is 16.9 Å². The average molecular weight is 408 g/mol. The van der Waals surface area contributed by atoms with Crippen LogP contribution >= 0.6 is 11.3 Å². The Morgan fingerprint density at radius 1 is 1.26 bits per heavy atom. The van der Waals surface area contributed by atoms with E-state index in [0.717, 1.165) is 6.07 Å². The van der Waals surface area contributed by atoms with Gasteiger partial charge < -0.3 is 5.32 Å². The molecule has 0 spiro atoms. The molecule has 0 bridgehead atoms. The van der Waals surface area contributed by atoms with Crippen LogP contribution in [0.4, 0.5) is 9.39 Å². The molecule has 27 heavy (non-hydrogen) atoms. The maximum absolute atomic E-state index is 13.3. The maximum Gasteiger partial charge on any atom is 0.243 e. The summed E-state index contributed by atoms with van der Waals surface area (Å²) in [4.78, 5) is 13.9. The molecule has 2 heterocycles. The van der Waals surface area contributed by atoms with Crippen molar-refractivity contribution in [2.24, 2.45) is 0 Å². The minimum absolute atomic E-state index is 0.0737. The van der Waals surface area contributed by atoms with Gasteiger partial charge in [0.15, 0.2) is 0 Å². The molecular weight excluding hydrogens is 391 g/mol. The third-order valence-corrected chi connectivity index (χ3v) is 6.90. The molecule has 2 aromatic rings. The van der Waals surface area contributed by atoms with Gasteiger partial charge in [-0.25, -0.2) is 12.8 Å². The van der Waals surface area contributed by atoms with Crippen LogP contribution in [0.3, 0.4) is 0 Å². The number of rotatable bonds is 5. The molecule has 7 nitrogen and oxygen atoms in total. The molecule has 1 aromatic carbocycles. The van der Waals surface area contributed by atoms with Gasteiger partial charge in [0.2, 0.25) is 15.9 Å². The predicted octanol–water partition coefficient (Wildman–Crippen LogP) is 1.70. The summed E-state index contributed by atoms with van der Waals surface area (Å²) in [6.07, 6.45) is 0. The first-order valence-corrected chi connectivity index (χ1v) is 10.5. The van der Waals surface area contributed by atoms with Crippen molar-refractivity contribution in [3.05, 3.63) is 47.1 Å². The summed E-state index contributed by atoms with van der Waals surface area (Å²) in [5, 5.41) is 13.9. The van der Waals surface area contributed by atoms with Crippen LogP contribution in [0.2, 0.25) is 0 Å². The van der Waals surface area contributed by atoms with Gasteiger partial charge in [0, 0.05) is 26.2 Å². The number of hydrogen-bond acceptors (Lipinski definition) is 6. The van der Waals surface area contributed by atoms with Crippen LogP contribution in [0.1, 0.15) is 5.56 Å². The maximum atomic E-state index is 13.3. The number of nitrogens with zero attached hydrogens (tertiary/aromatic N) is 3. The van der Waals surface area contributed by atoms with Crippen molar-refractivity contribution in [3.63, 3.8) is 0 Å². The van der Waals surface area contributed by atoms with Crippen molar-refractivity contribution in [2.45, 2.75) is 4.90 Å². The van der Waals surface area contributed by atoms with E-state index in [4.69, 9.17) is 5.26 Å². The zero-order valence-electron chi connectivity index (χ0n) is 14.3. The van der Waals surface area contributed by atoms with E-state index in [1.54, 1.807) is 11.4 Å². The van der Waals surface area contributed by atoms with Crippen molar-refractivity contribution < 1.29 is 17.6 Å². The molecule has 1 aromatic heterocycles. The molecule has 1 fully saturated rings. The predicted molar refractivity (Wildman–Crippen MR) is 99.3 cm³/mol. The summed E-state index contributed by atoms with van der Waals surface area (Å²) in [5.74, 6) is -0.855. The molecule has 0 aliphatic carbocycles. The number of hydrogen-bond donors (Lipinski definition) is 1. The average Bonchev–Trinajstić information content (AvgIpc) is 3.09. The molecule has 1 aliphatic rings. The Hall–Kier alpha value is -2.32. The Bertz CT molecular complexity index is 976. The summed E-state index contributed by atoms with van der Waals surface area (Å²) in [7, 11) is -3.75. The number of sulfonamides is 1. The lowest BCUT2D eigenvalue weighted by atomic mass is 10.3. The van der Waals surface area contributed by atoms with Gasteiger partial charge in [0.25, 0.3) is 0 Å². The number of anilines is 1. The van der Waals surface area contributed by atoms with E-state index >= 15 is 0 Å². The van der Waals surface area contributed by atoms with Gasteiger partial charge in [-0.2, -0.15) is 9.57 Å². The van der Waals surface area contributed by atoms with Crippen molar-refractivity contribution in [1.29, 1.82) is 5.26 Å². The molecule has 10 heteroatoms. The third-order valence-electron chi connectivity index (χ3n) is 4.17. The van der Waals surface area contributed by atoms with E-state index in [1.165, 1.54) is 33.8 Å². The smallest absolute Gasteiger partial charge is 0.243 e. The number of carbonyl (C=O) groups is 1. The topological polar surface area (TPSA) is 93.5 Å². The molecule has 142 valence electrons. The van der Waals surface area contributed by atoms with E-state index in [9.17, 15) is 17.6 Å². The molecule has 0 radical (unpaired) electrons. The second kappa shape index (κ2) is 8.14. The third kappa shape index (κ3) is 4.51. The summed E-state index contributed by atoms with van der Waals surface area (Å²) < 4.78 is 39.8. The quantitative estimate of drug-likeness (QED) is 0.813. The molecule has 1 N–H and O–H groups in total. The number of amides is 1. The number of thiophene rings is 1. The van der Waals surface area contributed by atoms with Crippen LogP contribution in [0.5, 0.6) is 0 Å². The molecule has 1 aliphatic heterocycles. The van der Waals surface area contributed by atoms with Crippen molar-refractivity contribution in [1.82, 2.24) is 9.21 Å². The summed E-state index contributed by atoms with van der Waals surface area (Å²) in [5.41, 5.74) is 0.416. The SMILES string of the molecule is N#Cc1ccsc1NC(=O)CN1CCN(S(=O)(=O)c2cccc(F)c2)CC1. The van der Waals surface area contributed by atoms with Crippen LogP contribution in [-0.2, 0) is 14.8 Å². The second-order valence-corrected chi connectivity index (χ2v) is 8.82. The van der Waals surface area contributed by atoms with E-state index in [1.807, 2.05) is 11.0 Å². The highest BCUT2D eigenvalue weighted by atomic mass is 32.2. The highest BCUT2D eigenvalue weighted by molar-refractivity contribution is 7.89. The number of benzene rings is 1.